The Morgan fingerprint density at radius 1 is 1.16 bits per heavy atom. The Labute approximate surface area is 155 Å². The van der Waals surface area contributed by atoms with Crippen molar-refractivity contribution in [3.8, 4) is 5.75 Å². The zero-order valence-electron chi connectivity index (χ0n) is 13.7. The second kappa shape index (κ2) is 8.74. The lowest BCUT2D eigenvalue weighted by atomic mass is 10.1. The van der Waals surface area contributed by atoms with Crippen LogP contribution < -0.4 is 10.1 Å². The van der Waals surface area contributed by atoms with Gasteiger partial charge in [0.05, 0.1) is 18.7 Å². The molecule has 0 aliphatic carbocycles. The molecule has 0 bridgehead atoms. The molecular formula is C18H17Cl2NO4. The van der Waals surface area contributed by atoms with Gasteiger partial charge in [-0.3, -0.25) is 4.79 Å². The lowest BCUT2D eigenvalue weighted by Crippen LogP contribution is -2.31. The number of benzene rings is 2. The minimum absolute atomic E-state index is 0.306. The number of hydrogen-bond donors (Lipinski definition) is 1. The highest BCUT2D eigenvalue weighted by Crippen LogP contribution is 2.26. The first-order chi connectivity index (χ1) is 11.9. The summed E-state index contributed by atoms with van der Waals surface area (Å²) >= 11 is 12.0. The van der Waals surface area contributed by atoms with E-state index in [2.05, 4.69) is 5.32 Å². The van der Waals surface area contributed by atoms with Gasteiger partial charge in [0, 0.05) is 10.0 Å². The molecule has 25 heavy (non-hydrogen) atoms. The normalized spacial score (nSPS) is 11.5. The third kappa shape index (κ3) is 5.37. The molecule has 0 aliphatic rings. The molecule has 2 aromatic rings. The highest BCUT2D eigenvalue weighted by atomic mass is 35.5. The fourth-order valence-corrected chi connectivity index (χ4v) is 2.75. The monoisotopic (exact) mass is 381 g/mol. The van der Waals surface area contributed by atoms with E-state index in [0.717, 1.165) is 5.56 Å². The Balaban J connectivity index is 1.90. The van der Waals surface area contributed by atoms with Crippen LogP contribution >= 0.6 is 23.2 Å². The largest absolute Gasteiger partial charge is 0.497 e. The number of nitrogens with one attached hydrogen (secondary N) is 1. The van der Waals surface area contributed by atoms with Crippen LogP contribution in [0.4, 0.5) is 0 Å². The molecule has 1 atom stereocenters. The number of ether oxygens (including phenoxy) is 2. The third-order valence-electron chi connectivity index (χ3n) is 3.45. The van der Waals surface area contributed by atoms with Crippen LogP contribution in [0.25, 0.3) is 0 Å². The van der Waals surface area contributed by atoms with Gasteiger partial charge in [-0.2, -0.15) is 0 Å². The average Bonchev–Trinajstić information content (AvgIpc) is 2.59. The van der Waals surface area contributed by atoms with Gasteiger partial charge in [0.15, 0.2) is 6.61 Å². The van der Waals surface area contributed by atoms with Gasteiger partial charge < -0.3 is 14.8 Å². The second-order valence-corrected chi connectivity index (χ2v) is 6.11. The molecule has 5 nitrogen and oxygen atoms in total. The number of halogens is 2. The molecule has 2 aromatic carbocycles. The topological polar surface area (TPSA) is 64.6 Å². The van der Waals surface area contributed by atoms with E-state index < -0.39 is 18.5 Å². The summed E-state index contributed by atoms with van der Waals surface area (Å²) in [4.78, 5) is 24.0. The Kier molecular flexibility index (Phi) is 6.67. The summed E-state index contributed by atoms with van der Waals surface area (Å²) in [5.74, 6) is -0.508. The van der Waals surface area contributed by atoms with Crippen LogP contribution in [0.5, 0.6) is 5.75 Å². The van der Waals surface area contributed by atoms with Crippen molar-refractivity contribution in [3.05, 3.63) is 63.6 Å². The molecular weight excluding hydrogens is 365 g/mol. The van der Waals surface area contributed by atoms with E-state index >= 15 is 0 Å². The number of esters is 1. The molecule has 0 spiro atoms. The molecule has 0 aromatic heterocycles. The molecule has 7 heteroatoms. The molecule has 0 unspecified atom stereocenters. The number of rotatable bonds is 6. The van der Waals surface area contributed by atoms with E-state index in [1.807, 2.05) is 0 Å². The summed E-state index contributed by atoms with van der Waals surface area (Å²) in [7, 11) is 1.50. The summed E-state index contributed by atoms with van der Waals surface area (Å²) in [6.45, 7) is 1.38. The smallest absolute Gasteiger partial charge is 0.338 e. The molecule has 0 aliphatic heterocycles. The summed E-state index contributed by atoms with van der Waals surface area (Å²) in [5.41, 5.74) is 1.03. The standard InChI is InChI=1S/C18H17Cl2NO4/c1-11(15-7-6-13(19)9-16(15)20)21-17(22)10-25-18(23)12-4-3-5-14(8-12)24-2/h3-9,11H,10H2,1-2H3,(H,21,22)/t11-/m1/s1. The fraction of sp³-hybridized carbons (Fsp3) is 0.222. The third-order valence-corrected chi connectivity index (χ3v) is 4.01. The fourth-order valence-electron chi connectivity index (χ4n) is 2.18. The van der Waals surface area contributed by atoms with Crippen molar-refractivity contribution < 1.29 is 19.1 Å². The Bertz CT molecular complexity index is 779. The van der Waals surface area contributed by atoms with Crippen LogP contribution in [0.2, 0.25) is 10.0 Å². The molecule has 2 rings (SSSR count). The highest BCUT2D eigenvalue weighted by molar-refractivity contribution is 6.35. The van der Waals surface area contributed by atoms with E-state index in [-0.39, 0.29) is 6.04 Å². The van der Waals surface area contributed by atoms with E-state index in [9.17, 15) is 9.59 Å². The summed E-state index contributed by atoms with van der Waals surface area (Å²) in [5, 5.41) is 3.68. The quantitative estimate of drug-likeness (QED) is 0.766. The van der Waals surface area contributed by atoms with Crippen molar-refractivity contribution in [2.75, 3.05) is 13.7 Å². The van der Waals surface area contributed by atoms with E-state index in [4.69, 9.17) is 32.7 Å². The van der Waals surface area contributed by atoms with Crippen LogP contribution in [0.15, 0.2) is 42.5 Å². The van der Waals surface area contributed by atoms with Crippen molar-refractivity contribution in [2.45, 2.75) is 13.0 Å². The number of methoxy groups -OCH3 is 1. The van der Waals surface area contributed by atoms with Crippen LogP contribution in [0.3, 0.4) is 0 Å². The first-order valence-corrected chi connectivity index (χ1v) is 8.21. The Hall–Kier alpha value is -2.24. The summed E-state index contributed by atoms with van der Waals surface area (Å²) in [6.07, 6.45) is 0. The number of amides is 1. The summed E-state index contributed by atoms with van der Waals surface area (Å²) in [6, 6.07) is 11.2. The van der Waals surface area contributed by atoms with Gasteiger partial charge in [-0.25, -0.2) is 4.79 Å². The van der Waals surface area contributed by atoms with Gasteiger partial charge in [-0.05, 0) is 42.8 Å². The van der Waals surface area contributed by atoms with E-state index in [1.54, 1.807) is 43.3 Å². The number of hydrogen-bond acceptors (Lipinski definition) is 4. The molecule has 132 valence electrons. The zero-order valence-corrected chi connectivity index (χ0v) is 15.2. The first kappa shape index (κ1) is 19.1. The average molecular weight is 382 g/mol. The molecule has 1 amide bonds. The van der Waals surface area contributed by atoms with Gasteiger partial charge >= 0.3 is 5.97 Å². The van der Waals surface area contributed by atoms with Crippen LogP contribution in [0, 0.1) is 0 Å². The molecule has 0 saturated carbocycles. The molecule has 0 heterocycles. The summed E-state index contributed by atoms with van der Waals surface area (Å²) < 4.78 is 10.1. The highest BCUT2D eigenvalue weighted by Gasteiger charge is 2.15. The van der Waals surface area contributed by atoms with E-state index in [0.29, 0.717) is 21.4 Å². The van der Waals surface area contributed by atoms with Crippen molar-refractivity contribution in [3.63, 3.8) is 0 Å². The predicted molar refractivity (Wildman–Crippen MR) is 96.3 cm³/mol. The van der Waals surface area contributed by atoms with Crippen molar-refractivity contribution >= 4 is 35.1 Å². The Morgan fingerprint density at radius 2 is 1.92 bits per heavy atom. The second-order valence-electron chi connectivity index (χ2n) is 5.26. The van der Waals surface area contributed by atoms with Gasteiger partial charge in [0.1, 0.15) is 5.75 Å². The maximum atomic E-state index is 12.0. The van der Waals surface area contributed by atoms with Crippen LogP contribution in [0.1, 0.15) is 28.9 Å². The van der Waals surface area contributed by atoms with Gasteiger partial charge in [-0.1, -0.05) is 35.3 Å². The van der Waals surface area contributed by atoms with Crippen LogP contribution in [-0.4, -0.2) is 25.6 Å². The molecule has 0 saturated heterocycles. The maximum Gasteiger partial charge on any atom is 0.338 e. The Morgan fingerprint density at radius 3 is 2.60 bits per heavy atom. The van der Waals surface area contributed by atoms with E-state index in [1.165, 1.54) is 13.2 Å². The minimum atomic E-state index is -0.605. The van der Waals surface area contributed by atoms with Crippen LogP contribution in [-0.2, 0) is 9.53 Å². The van der Waals surface area contributed by atoms with Gasteiger partial charge in [0.25, 0.3) is 5.91 Å². The molecule has 1 N–H and O–H groups in total. The predicted octanol–water partition coefficient (Wildman–Crippen LogP) is 4.04. The molecule has 0 fully saturated rings. The van der Waals surface area contributed by atoms with Crippen molar-refractivity contribution in [1.82, 2.24) is 5.32 Å². The zero-order chi connectivity index (χ0) is 18.4. The number of carbonyl (C=O) groups excluding carboxylic acids is 2. The SMILES string of the molecule is COc1cccc(C(=O)OCC(=O)N[C@H](C)c2ccc(Cl)cc2Cl)c1. The molecule has 0 radical (unpaired) electrons. The lowest BCUT2D eigenvalue weighted by molar-refractivity contribution is -0.124. The maximum absolute atomic E-state index is 12.0. The van der Waals surface area contributed by atoms with Crippen molar-refractivity contribution in [1.29, 1.82) is 0 Å². The minimum Gasteiger partial charge on any atom is -0.497 e. The van der Waals surface area contributed by atoms with Gasteiger partial charge in [-0.15, -0.1) is 0 Å². The van der Waals surface area contributed by atoms with Crippen molar-refractivity contribution in [2.24, 2.45) is 0 Å². The van der Waals surface area contributed by atoms with Gasteiger partial charge in [0.2, 0.25) is 0 Å². The first-order valence-electron chi connectivity index (χ1n) is 7.46. The lowest BCUT2D eigenvalue weighted by Gasteiger charge is -2.16. The number of carbonyl (C=O) groups is 2.